The Morgan fingerprint density at radius 3 is 2.45 bits per heavy atom. The second kappa shape index (κ2) is 13.0. The van der Waals surface area contributed by atoms with Crippen LogP contribution in [0.4, 0.5) is 28.0 Å². The first-order valence-corrected chi connectivity index (χ1v) is 12.2. The lowest BCUT2D eigenvalue weighted by molar-refractivity contribution is -0.192. The lowest BCUT2D eigenvalue weighted by Gasteiger charge is -2.14. The number of nitrogens with two attached hydrogens (primary N) is 1. The summed E-state index contributed by atoms with van der Waals surface area (Å²) < 4.78 is 56.7. The fourth-order valence-corrected chi connectivity index (χ4v) is 4.19. The van der Waals surface area contributed by atoms with E-state index in [1.807, 2.05) is 17.5 Å². The van der Waals surface area contributed by atoms with Gasteiger partial charge in [0.2, 0.25) is 0 Å². The fraction of sp³-hybridized carbons (Fsp3) is 0.240. The maximum absolute atomic E-state index is 14.9. The van der Waals surface area contributed by atoms with Crippen LogP contribution in [0, 0.1) is 17.1 Å². The minimum absolute atomic E-state index is 0.109. The summed E-state index contributed by atoms with van der Waals surface area (Å²) in [6.07, 6.45) is -6.11. The van der Waals surface area contributed by atoms with E-state index >= 15 is 0 Å². The number of benzene rings is 2. The molecule has 10 nitrogen and oxygen atoms in total. The summed E-state index contributed by atoms with van der Waals surface area (Å²) in [6.45, 7) is -0.238. The van der Waals surface area contributed by atoms with Crippen LogP contribution in [0.5, 0.6) is 0 Å². The molecule has 3 aromatic rings. The number of amides is 1. The number of aliphatic carboxylic acids is 1. The van der Waals surface area contributed by atoms with Crippen molar-refractivity contribution in [2.24, 2.45) is 5.73 Å². The maximum Gasteiger partial charge on any atom is 0.490 e. The average molecular weight is 581 g/mol. The minimum atomic E-state index is -5.08. The van der Waals surface area contributed by atoms with Gasteiger partial charge in [-0.2, -0.15) is 18.4 Å². The molecule has 210 valence electrons. The molecule has 3 N–H and O–H groups in total. The summed E-state index contributed by atoms with van der Waals surface area (Å²) in [5.74, 6) is -3.84. The van der Waals surface area contributed by atoms with Gasteiger partial charge in [-0.15, -0.1) is 11.3 Å². The van der Waals surface area contributed by atoms with Gasteiger partial charge in [0, 0.05) is 16.5 Å². The molecule has 1 aromatic heterocycles. The predicted octanol–water partition coefficient (Wildman–Crippen LogP) is 4.14. The molecule has 15 heteroatoms. The Morgan fingerprint density at radius 1 is 1.23 bits per heavy atom. The average Bonchev–Trinajstić information content (AvgIpc) is 3.54. The number of anilines is 1. The van der Waals surface area contributed by atoms with E-state index in [1.165, 1.54) is 22.3 Å². The number of hydrogen-bond donors (Lipinski definition) is 2. The zero-order valence-electron chi connectivity index (χ0n) is 20.4. The first-order chi connectivity index (χ1) is 18.9. The van der Waals surface area contributed by atoms with E-state index < -0.39 is 36.1 Å². The number of carbonyl (C=O) groups excluding carboxylic acids is 2. The van der Waals surface area contributed by atoms with E-state index in [4.69, 9.17) is 30.4 Å². The van der Waals surface area contributed by atoms with Gasteiger partial charge in [-0.1, -0.05) is 24.3 Å². The van der Waals surface area contributed by atoms with Crippen molar-refractivity contribution in [1.29, 1.82) is 5.26 Å². The molecule has 0 aliphatic carbocycles. The number of aromatic nitrogens is 1. The molecule has 0 saturated carbocycles. The van der Waals surface area contributed by atoms with Crippen molar-refractivity contribution in [3.63, 3.8) is 0 Å². The molecular formula is C25H20F4N4O6S. The minimum Gasteiger partial charge on any atom is -0.475 e. The molecule has 2 heterocycles. The van der Waals surface area contributed by atoms with Gasteiger partial charge in [0.05, 0.1) is 37.0 Å². The molecule has 1 atom stereocenters. The highest BCUT2D eigenvalue weighted by atomic mass is 32.1. The van der Waals surface area contributed by atoms with Gasteiger partial charge < -0.3 is 20.3 Å². The Hall–Kier alpha value is -4.55. The van der Waals surface area contributed by atoms with Crippen LogP contribution in [0.1, 0.15) is 5.69 Å². The summed E-state index contributed by atoms with van der Waals surface area (Å²) in [5, 5.41) is 18.6. The number of carboxylic acids is 1. The topological polar surface area (TPSA) is 156 Å². The van der Waals surface area contributed by atoms with Crippen LogP contribution in [0.3, 0.4) is 0 Å². The fourth-order valence-electron chi connectivity index (χ4n) is 3.36. The van der Waals surface area contributed by atoms with Crippen LogP contribution in [0.2, 0.25) is 0 Å². The molecule has 0 bridgehead atoms. The number of carbonyl (C=O) groups is 3. The van der Waals surface area contributed by atoms with Crippen molar-refractivity contribution in [3.05, 3.63) is 59.4 Å². The number of carboxylic acid groups (broad SMARTS) is 1. The van der Waals surface area contributed by atoms with Gasteiger partial charge in [-0.3, -0.25) is 9.69 Å². The molecule has 0 unspecified atom stereocenters. The maximum atomic E-state index is 14.9. The van der Waals surface area contributed by atoms with Gasteiger partial charge >= 0.3 is 24.2 Å². The number of nitriles is 1. The standard InChI is InChI=1S/C23H19FN4O4S.C2HF3O2/c24-20-9-17(28-11-18(32-23(28)30)12-31-21(29)10-26)5-6-19(20)14-1-3-15(4-2-14)22-27-16(7-8-25)13-33-22;3-2(4,5)1(6)7/h1-6,9,13,18H,7,10-12,26H2;(H,6,7)/t18-;/m1./s1. The second-order valence-electron chi connectivity index (χ2n) is 8.03. The molecule has 4 rings (SSSR count). The van der Waals surface area contributed by atoms with Crippen molar-refractivity contribution in [2.75, 3.05) is 24.6 Å². The molecule has 0 spiro atoms. The number of cyclic esters (lactones) is 1. The number of halogens is 4. The SMILES string of the molecule is N#CCc1csc(-c2ccc(-c3ccc(N4C[C@H](COC(=O)CN)OC4=O)cc3F)cc2)n1.O=C(O)C(F)(F)F. The summed E-state index contributed by atoms with van der Waals surface area (Å²) >= 11 is 1.45. The quantitative estimate of drug-likeness (QED) is 0.310. The summed E-state index contributed by atoms with van der Waals surface area (Å²) in [6, 6.07) is 13.9. The molecule has 1 fully saturated rings. The highest BCUT2D eigenvalue weighted by Crippen LogP contribution is 2.31. The summed E-state index contributed by atoms with van der Waals surface area (Å²) in [5.41, 5.74) is 8.19. The van der Waals surface area contributed by atoms with E-state index in [0.29, 0.717) is 16.8 Å². The smallest absolute Gasteiger partial charge is 0.475 e. The predicted molar refractivity (Wildman–Crippen MR) is 134 cm³/mol. The molecule has 1 amide bonds. The van der Waals surface area contributed by atoms with Gasteiger partial charge in [0.1, 0.15) is 17.4 Å². The Balaban J connectivity index is 0.000000559. The Labute approximate surface area is 228 Å². The van der Waals surface area contributed by atoms with Crippen LogP contribution >= 0.6 is 11.3 Å². The number of alkyl halides is 3. The monoisotopic (exact) mass is 580 g/mol. The van der Waals surface area contributed by atoms with Crippen molar-refractivity contribution < 1.29 is 46.5 Å². The van der Waals surface area contributed by atoms with E-state index in [-0.39, 0.29) is 26.1 Å². The molecule has 1 saturated heterocycles. The first kappa shape index (κ1) is 30.0. The number of nitrogens with zero attached hydrogens (tertiary/aromatic N) is 3. The second-order valence-corrected chi connectivity index (χ2v) is 8.88. The van der Waals surface area contributed by atoms with Crippen LogP contribution in [0.15, 0.2) is 47.8 Å². The highest BCUT2D eigenvalue weighted by Gasteiger charge is 2.38. The van der Waals surface area contributed by atoms with Crippen LogP contribution < -0.4 is 10.6 Å². The van der Waals surface area contributed by atoms with Crippen molar-refractivity contribution in [2.45, 2.75) is 18.7 Å². The number of hydrogen-bond acceptors (Lipinski definition) is 9. The third-order valence-corrected chi connectivity index (χ3v) is 6.17. The van der Waals surface area contributed by atoms with Gasteiger partial charge in [0.15, 0.2) is 6.10 Å². The van der Waals surface area contributed by atoms with E-state index in [9.17, 15) is 27.2 Å². The number of esters is 1. The molecule has 40 heavy (non-hydrogen) atoms. The summed E-state index contributed by atoms with van der Waals surface area (Å²) in [7, 11) is 0. The van der Waals surface area contributed by atoms with Gasteiger partial charge in [-0.05, 0) is 23.8 Å². The van der Waals surface area contributed by atoms with Crippen LogP contribution in [-0.2, 0) is 25.5 Å². The van der Waals surface area contributed by atoms with Crippen molar-refractivity contribution >= 4 is 35.1 Å². The zero-order chi connectivity index (χ0) is 29.4. The Morgan fingerprint density at radius 2 is 1.88 bits per heavy atom. The third kappa shape index (κ3) is 7.74. The van der Waals surface area contributed by atoms with Gasteiger partial charge in [0.25, 0.3) is 0 Å². The summed E-state index contributed by atoms with van der Waals surface area (Å²) in [4.78, 5) is 38.0. The van der Waals surface area contributed by atoms with Crippen LogP contribution in [-0.4, -0.2) is 60.1 Å². The first-order valence-electron chi connectivity index (χ1n) is 11.3. The molecule has 0 radical (unpaired) electrons. The van der Waals surface area contributed by atoms with E-state index in [2.05, 4.69) is 11.1 Å². The molecule has 1 aliphatic heterocycles. The van der Waals surface area contributed by atoms with Gasteiger partial charge in [-0.25, -0.2) is 19.0 Å². The van der Waals surface area contributed by atoms with Crippen LogP contribution in [0.25, 0.3) is 21.7 Å². The molecule has 1 aliphatic rings. The Kier molecular flexibility index (Phi) is 9.75. The van der Waals surface area contributed by atoms with E-state index in [0.717, 1.165) is 16.3 Å². The van der Waals surface area contributed by atoms with Crippen molar-refractivity contribution in [1.82, 2.24) is 4.98 Å². The van der Waals surface area contributed by atoms with E-state index in [1.54, 1.807) is 24.3 Å². The highest BCUT2D eigenvalue weighted by molar-refractivity contribution is 7.13. The Bertz CT molecular complexity index is 1420. The number of thiazole rings is 1. The molecular weight excluding hydrogens is 560 g/mol. The molecule has 2 aromatic carbocycles. The largest absolute Gasteiger partial charge is 0.490 e. The zero-order valence-corrected chi connectivity index (χ0v) is 21.2. The number of rotatable bonds is 7. The third-order valence-electron chi connectivity index (χ3n) is 5.23. The number of ether oxygens (including phenoxy) is 2. The lowest BCUT2D eigenvalue weighted by atomic mass is 10.0. The van der Waals surface area contributed by atoms with Crippen molar-refractivity contribution in [3.8, 4) is 27.8 Å². The lowest BCUT2D eigenvalue weighted by Crippen LogP contribution is -2.28. The normalized spacial score (nSPS) is 14.6.